The Bertz CT molecular complexity index is 456. The quantitative estimate of drug-likeness (QED) is 0.719. The molecule has 4 heteroatoms. The molecule has 2 unspecified atom stereocenters. The Balaban J connectivity index is 1.98. The highest BCUT2D eigenvalue weighted by Gasteiger charge is 2.42. The van der Waals surface area contributed by atoms with E-state index in [1.165, 1.54) is 0 Å². The van der Waals surface area contributed by atoms with E-state index >= 15 is 0 Å². The minimum absolute atomic E-state index is 0.105. The van der Waals surface area contributed by atoms with Crippen molar-refractivity contribution in [1.29, 1.82) is 0 Å². The number of ketones is 1. The van der Waals surface area contributed by atoms with Gasteiger partial charge in [-0.15, -0.1) is 0 Å². The molecule has 1 aromatic carbocycles. The molecule has 0 radical (unpaired) electrons. The Morgan fingerprint density at radius 1 is 1.25 bits per heavy atom. The molecule has 1 aliphatic rings. The largest absolute Gasteiger partial charge is 0.486 e. The fourth-order valence-electron chi connectivity index (χ4n) is 2.26. The number of methoxy groups -OCH3 is 1. The molecule has 110 valence electrons. The normalized spacial score (nSPS) is 21.9. The highest BCUT2D eigenvalue weighted by atomic mass is 16.6. The van der Waals surface area contributed by atoms with Gasteiger partial charge in [0.15, 0.2) is 11.9 Å². The summed E-state index contributed by atoms with van der Waals surface area (Å²) < 4.78 is 16.4. The number of Topliss-reactive ketones (excluding diaryl/α,β-unsaturated/α-hetero) is 1. The molecule has 0 N–H and O–H groups in total. The van der Waals surface area contributed by atoms with E-state index in [9.17, 15) is 4.79 Å². The molecule has 0 amide bonds. The third-order valence-corrected chi connectivity index (χ3v) is 3.46. The zero-order valence-electron chi connectivity index (χ0n) is 12.3. The van der Waals surface area contributed by atoms with Crippen molar-refractivity contribution in [2.75, 3.05) is 20.3 Å². The first kappa shape index (κ1) is 15.0. The van der Waals surface area contributed by atoms with Crippen LogP contribution in [0.5, 0.6) is 5.75 Å². The van der Waals surface area contributed by atoms with Crippen LogP contribution in [-0.2, 0) is 14.3 Å². The zero-order valence-corrected chi connectivity index (χ0v) is 12.3. The number of ether oxygens (including phenoxy) is 3. The van der Waals surface area contributed by atoms with Gasteiger partial charge in [0, 0.05) is 13.5 Å². The van der Waals surface area contributed by atoms with Gasteiger partial charge < -0.3 is 14.2 Å². The minimum Gasteiger partial charge on any atom is -0.486 e. The fourth-order valence-corrected chi connectivity index (χ4v) is 2.26. The lowest BCUT2D eigenvalue weighted by molar-refractivity contribution is -0.156. The van der Waals surface area contributed by atoms with Crippen molar-refractivity contribution in [2.45, 2.75) is 38.4 Å². The Hall–Kier alpha value is -1.39. The van der Waals surface area contributed by atoms with Crippen molar-refractivity contribution < 1.29 is 19.0 Å². The molecule has 1 fully saturated rings. The second-order valence-corrected chi connectivity index (χ2v) is 5.30. The summed E-state index contributed by atoms with van der Waals surface area (Å²) in [6, 6.07) is 7.95. The Morgan fingerprint density at radius 3 is 2.65 bits per heavy atom. The Morgan fingerprint density at radius 2 is 2.00 bits per heavy atom. The molecule has 0 spiro atoms. The molecule has 1 aromatic rings. The highest BCUT2D eigenvalue weighted by molar-refractivity contribution is 5.90. The topological polar surface area (TPSA) is 44.8 Å². The zero-order chi connectivity index (χ0) is 14.5. The standard InChI is InChI=1S/C16H22O4/c1-11(2)12-6-4-5-7-14(12)20-15-10-13(17)16(15)19-9-8-18-3/h4-7,11,15-16H,8-10H2,1-3H3. The van der Waals surface area contributed by atoms with E-state index in [4.69, 9.17) is 14.2 Å². The van der Waals surface area contributed by atoms with Crippen LogP contribution in [0, 0.1) is 0 Å². The maximum atomic E-state index is 11.6. The molecular weight excluding hydrogens is 256 g/mol. The van der Waals surface area contributed by atoms with Gasteiger partial charge in [0.05, 0.1) is 13.2 Å². The molecular formula is C16H22O4. The molecule has 0 bridgehead atoms. The molecule has 0 heterocycles. The Kier molecular flexibility index (Phi) is 5.15. The second kappa shape index (κ2) is 6.86. The van der Waals surface area contributed by atoms with Crippen molar-refractivity contribution in [3.05, 3.63) is 29.8 Å². The van der Waals surface area contributed by atoms with E-state index in [1.54, 1.807) is 7.11 Å². The first-order valence-electron chi connectivity index (χ1n) is 7.02. The van der Waals surface area contributed by atoms with Crippen LogP contribution in [0.1, 0.15) is 31.7 Å². The summed E-state index contributed by atoms with van der Waals surface area (Å²) >= 11 is 0. The number of benzene rings is 1. The van der Waals surface area contributed by atoms with Gasteiger partial charge in [-0.1, -0.05) is 32.0 Å². The molecule has 4 nitrogen and oxygen atoms in total. The van der Waals surface area contributed by atoms with Gasteiger partial charge in [-0.3, -0.25) is 4.79 Å². The molecule has 1 saturated carbocycles. The molecule has 1 aliphatic carbocycles. The van der Waals surface area contributed by atoms with Crippen molar-refractivity contribution in [3.8, 4) is 5.75 Å². The van der Waals surface area contributed by atoms with Crippen molar-refractivity contribution in [3.63, 3.8) is 0 Å². The van der Waals surface area contributed by atoms with Crippen LogP contribution in [0.3, 0.4) is 0 Å². The Labute approximate surface area is 120 Å². The van der Waals surface area contributed by atoms with Gasteiger partial charge in [0.2, 0.25) is 0 Å². The van der Waals surface area contributed by atoms with Gasteiger partial charge in [0.25, 0.3) is 0 Å². The van der Waals surface area contributed by atoms with Gasteiger partial charge in [-0.25, -0.2) is 0 Å². The van der Waals surface area contributed by atoms with Crippen LogP contribution in [0.15, 0.2) is 24.3 Å². The number of carbonyl (C=O) groups excluding carboxylic acids is 1. The summed E-state index contributed by atoms with van der Waals surface area (Å²) in [5.74, 6) is 1.34. The smallest absolute Gasteiger partial charge is 0.169 e. The van der Waals surface area contributed by atoms with Gasteiger partial charge in [-0.2, -0.15) is 0 Å². The van der Waals surface area contributed by atoms with Crippen molar-refractivity contribution in [1.82, 2.24) is 0 Å². The average molecular weight is 278 g/mol. The molecule has 20 heavy (non-hydrogen) atoms. The van der Waals surface area contributed by atoms with Gasteiger partial charge in [0.1, 0.15) is 11.9 Å². The number of hydrogen-bond acceptors (Lipinski definition) is 4. The van der Waals surface area contributed by atoms with Crippen LogP contribution in [0.4, 0.5) is 0 Å². The lowest BCUT2D eigenvalue weighted by atomic mass is 9.89. The molecule has 2 atom stereocenters. The predicted molar refractivity (Wildman–Crippen MR) is 76.2 cm³/mol. The third-order valence-electron chi connectivity index (χ3n) is 3.46. The lowest BCUT2D eigenvalue weighted by Crippen LogP contribution is -2.52. The van der Waals surface area contributed by atoms with Crippen LogP contribution >= 0.6 is 0 Å². The van der Waals surface area contributed by atoms with Crippen LogP contribution in [0.25, 0.3) is 0 Å². The van der Waals surface area contributed by atoms with Crippen molar-refractivity contribution in [2.24, 2.45) is 0 Å². The van der Waals surface area contributed by atoms with Crippen LogP contribution in [-0.4, -0.2) is 38.3 Å². The SMILES string of the molecule is COCCOC1C(=O)CC1Oc1ccccc1C(C)C. The molecule has 0 aromatic heterocycles. The minimum atomic E-state index is -0.453. The van der Waals surface area contributed by atoms with E-state index in [2.05, 4.69) is 19.9 Å². The van der Waals surface area contributed by atoms with Crippen molar-refractivity contribution >= 4 is 5.78 Å². The lowest BCUT2D eigenvalue weighted by Gasteiger charge is -2.35. The first-order valence-corrected chi connectivity index (χ1v) is 7.02. The van der Waals surface area contributed by atoms with E-state index in [1.807, 2.05) is 18.2 Å². The number of hydrogen-bond donors (Lipinski definition) is 0. The number of para-hydroxylation sites is 1. The maximum Gasteiger partial charge on any atom is 0.169 e. The summed E-state index contributed by atoms with van der Waals surface area (Å²) in [5, 5.41) is 0. The molecule has 0 saturated heterocycles. The number of carbonyl (C=O) groups is 1. The van der Waals surface area contributed by atoms with E-state index in [0.717, 1.165) is 11.3 Å². The summed E-state index contributed by atoms with van der Waals surface area (Å²) in [6.45, 7) is 5.15. The monoisotopic (exact) mass is 278 g/mol. The number of rotatable bonds is 7. The predicted octanol–water partition coefficient (Wildman–Crippen LogP) is 2.56. The third kappa shape index (κ3) is 3.38. The average Bonchev–Trinajstić information content (AvgIpc) is 2.43. The van der Waals surface area contributed by atoms with Crippen LogP contribution in [0.2, 0.25) is 0 Å². The first-order chi connectivity index (χ1) is 9.63. The van der Waals surface area contributed by atoms with E-state index < -0.39 is 6.10 Å². The maximum absolute atomic E-state index is 11.6. The van der Waals surface area contributed by atoms with E-state index in [-0.39, 0.29) is 11.9 Å². The molecule has 2 rings (SSSR count). The van der Waals surface area contributed by atoms with Gasteiger partial charge in [-0.05, 0) is 17.5 Å². The van der Waals surface area contributed by atoms with Gasteiger partial charge >= 0.3 is 0 Å². The summed E-state index contributed by atoms with van der Waals surface area (Å²) in [4.78, 5) is 11.6. The summed E-state index contributed by atoms with van der Waals surface area (Å²) in [5.41, 5.74) is 1.16. The highest BCUT2D eigenvalue weighted by Crippen LogP contribution is 2.31. The summed E-state index contributed by atoms with van der Waals surface area (Å²) in [7, 11) is 1.61. The van der Waals surface area contributed by atoms with Crippen LogP contribution < -0.4 is 4.74 Å². The second-order valence-electron chi connectivity index (χ2n) is 5.30. The summed E-state index contributed by atoms with van der Waals surface area (Å²) in [6.07, 6.45) is -0.214. The van der Waals surface area contributed by atoms with E-state index in [0.29, 0.717) is 25.6 Å². The fraction of sp³-hybridized carbons (Fsp3) is 0.562. The molecule has 0 aliphatic heterocycles.